The molecule has 0 aliphatic heterocycles. The number of halogens is 11. The smallest absolute Gasteiger partial charge is 0.120 e. The quantitative estimate of drug-likeness (QED) is 0.165. The molecule has 0 radical (unpaired) electrons. The van der Waals surface area contributed by atoms with Gasteiger partial charge in [-0.05, 0) is 25.7 Å². The fourth-order valence-corrected chi connectivity index (χ4v) is 2.99. The zero-order valence-electron chi connectivity index (χ0n) is 17.5. The van der Waals surface area contributed by atoms with Crippen molar-refractivity contribution in [1.82, 2.24) is 0 Å². The van der Waals surface area contributed by atoms with Crippen LogP contribution in [0, 0.1) is 23.5 Å². The zero-order valence-corrected chi connectivity index (χ0v) is 19.9. The summed E-state index contributed by atoms with van der Waals surface area (Å²) in [5, 5.41) is -1.72. The van der Waals surface area contributed by atoms with Gasteiger partial charge in [0.1, 0.15) is 0 Å². The van der Waals surface area contributed by atoms with Crippen LogP contribution in [0.25, 0.3) is 0 Å². The van der Waals surface area contributed by atoms with Crippen molar-refractivity contribution in [2.45, 2.75) is 78.6 Å². The third-order valence-corrected chi connectivity index (χ3v) is 4.40. The van der Waals surface area contributed by atoms with Gasteiger partial charge in [-0.1, -0.05) is 96.4 Å². The van der Waals surface area contributed by atoms with Crippen molar-refractivity contribution in [3.63, 3.8) is 0 Å². The normalized spacial score (nSPS) is 16.2. The van der Waals surface area contributed by atoms with E-state index in [1.807, 2.05) is 0 Å². The van der Waals surface area contributed by atoms with E-state index in [2.05, 4.69) is 12.8 Å². The van der Waals surface area contributed by atoms with Crippen molar-refractivity contribution in [2.75, 3.05) is 0 Å². The molecule has 31 heavy (non-hydrogen) atoms. The Bertz CT molecular complexity index is 662. The van der Waals surface area contributed by atoms with Crippen LogP contribution in [0.15, 0.2) is 10.4 Å². The van der Waals surface area contributed by atoms with Gasteiger partial charge in [0.15, 0.2) is 0 Å². The van der Waals surface area contributed by atoms with Gasteiger partial charge in [-0.15, -0.1) is 12.3 Å². The number of hydrogen-bond acceptors (Lipinski definition) is 0. The Hall–Kier alpha value is -0.850. The van der Waals surface area contributed by atoms with Gasteiger partial charge in [0, 0.05) is 17.9 Å². The van der Waals surface area contributed by atoms with E-state index < -0.39 is 30.9 Å². The maximum absolute atomic E-state index is 11.7. The van der Waals surface area contributed by atoms with Crippen molar-refractivity contribution in [3.05, 3.63) is 10.4 Å². The molecule has 0 spiro atoms. The second-order valence-corrected chi connectivity index (χ2v) is 11.3. The molecular weight excluding hydrogens is 506 g/mol. The molecule has 0 amide bonds. The first-order valence-electron chi connectivity index (χ1n) is 9.18. The van der Waals surface area contributed by atoms with E-state index in [9.17, 15) is 38.9 Å². The second-order valence-electron chi connectivity index (χ2n) is 6.36. The fraction of sp³-hybridized carbons (Fsp3) is 0.667. The molecule has 0 saturated heterocycles. The summed E-state index contributed by atoms with van der Waals surface area (Å²) < 4.78 is 116. The third kappa shape index (κ3) is 43.8. The average molecular weight is 535 g/mol. The monoisotopic (exact) mass is 534 g/mol. The predicted octanol–water partition coefficient (Wildman–Crippen LogP) is 11.8. The molecule has 0 nitrogen and oxygen atoms in total. The van der Waals surface area contributed by atoms with E-state index in [0.717, 1.165) is 6.42 Å². The van der Waals surface area contributed by atoms with E-state index in [-0.39, 0.29) is 18.1 Å². The van der Waals surface area contributed by atoms with Gasteiger partial charge in [-0.3, -0.25) is 0 Å². The van der Waals surface area contributed by atoms with E-state index in [0.29, 0.717) is 25.7 Å². The Morgan fingerprint density at radius 2 is 1.19 bits per heavy atom. The number of hydrogen-bond donors (Lipinski definition) is 0. The summed E-state index contributed by atoms with van der Waals surface area (Å²) in [6.07, 6.45) is 10.00. The molecule has 0 bridgehead atoms. The van der Waals surface area contributed by atoms with Gasteiger partial charge in [0.2, 0.25) is 0 Å². The molecule has 0 aliphatic rings. The molecule has 190 valence electrons. The summed E-state index contributed by atoms with van der Waals surface area (Å²) in [7, 11) is -18.9. The molecule has 0 aromatic carbocycles. The lowest BCUT2D eigenvalue weighted by Crippen LogP contribution is -2.00. The van der Waals surface area contributed by atoms with E-state index in [1.165, 1.54) is 18.8 Å². The topological polar surface area (TPSA) is 0 Å². The average Bonchev–Trinajstić information content (AvgIpc) is 2.51. The summed E-state index contributed by atoms with van der Waals surface area (Å²) in [5.74, 6) is 4.00. The highest BCUT2D eigenvalue weighted by Crippen LogP contribution is 2.99. The Balaban J connectivity index is -0.000000405. The second kappa shape index (κ2) is 11.3. The predicted molar refractivity (Wildman–Crippen MR) is 115 cm³/mol. The van der Waals surface area contributed by atoms with Crippen LogP contribution in [0.5, 0.6) is 0 Å². The number of unbranched alkanes of at least 4 members (excludes halogenated alkanes) is 5. The lowest BCUT2D eigenvalue weighted by atomic mass is 10.2. The van der Waals surface area contributed by atoms with Crippen molar-refractivity contribution >= 4 is 32.0 Å². The van der Waals surface area contributed by atoms with E-state index in [1.54, 1.807) is 13.8 Å². The summed E-state index contributed by atoms with van der Waals surface area (Å²) in [4.78, 5) is 0. The minimum absolute atomic E-state index is 0.137. The van der Waals surface area contributed by atoms with Crippen LogP contribution in [0.3, 0.4) is 0 Å². The van der Waals surface area contributed by atoms with Crippen LogP contribution in [0.4, 0.5) is 38.9 Å². The molecule has 0 N–H and O–H groups in total. The largest absolute Gasteiger partial charge is 0.345 e. The molecule has 0 fully saturated rings. The van der Waals surface area contributed by atoms with Crippen LogP contribution in [0.2, 0.25) is 0 Å². The van der Waals surface area contributed by atoms with Crippen molar-refractivity contribution in [1.29, 1.82) is 0 Å². The molecule has 0 heterocycles. The summed E-state index contributed by atoms with van der Waals surface area (Å²) >= 11 is 5.01. The number of allylic oxidation sites excluding steroid dienone is 1. The summed E-state index contributed by atoms with van der Waals surface area (Å²) in [6, 6.07) is 0. The zero-order chi connectivity index (χ0) is 25.6. The van der Waals surface area contributed by atoms with Crippen molar-refractivity contribution in [2.24, 2.45) is 0 Å². The summed E-state index contributed by atoms with van der Waals surface area (Å²) in [5.41, 5.74) is 0. The van der Waals surface area contributed by atoms with E-state index in [4.69, 9.17) is 18.0 Å². The van der Waals surface area contributed by atoms with Crippen LogP contribution in [0.1, 0.15) is 78.6 Å². The Morgan fingerprint density at radius 3 is 1.48 bits per heavy atom. The SMILES string of the molecule is C#CCCCC.CCCC/C(Cl)=C/S(F)(F)(F)(F)F.CCCCC#CS(F)(F)(F)(F)F. The highest BCUT2D eigenvalue weighted by atomic mass is 35.5. The van der Waals surface area contributed by atoms with Crippen LogP contribution in [-0.2, 0) is 0 Å². The lowest BCUT2D eigenvalue weighted by Gasteiger charge is -2.37. The van der Waals surface area contributed by atoms with Crippen LogP contribution >= 0.6 is 32.0 Å². The van der Waals surface area contributed by atoms with Gasteiger partial charge in [0.25, 0.3) is 0 Å². The molecule has 0 saturated carbocycles. The Morgan fingerprint density at radius 1 is 0.774 bits per heavy atom. The molecule has 0 unspecified atom stereocenters. The first-order chi connectivity index (χ1) is 13.4. The Kier molecular flexibility index (Phi) is 12.7. The van der Waals surface area contributed by atoms with Crippen LogP contribution in [-0.4, -0.2) is 0 Å². The number of rotatable bonds is 8. The van der Waals surface area contributed by atoms with Gasteiger partial charge >= 0.3 is 20.4 Å². The van der Waals surface area contributed by atoms with Crippen molar-refractivity contribution < 1.29 is 38.9 Å². The summed E-state index contributed by atoms with van der Waals surface area (Å²) in [6.45, 7) is 5.60. The van der Waals surface area contributed by atoms with Gasteiger partial charge in [0.05, 0.1) is 10.7 Å². The molecule has 0 atom stereocenters. The lowest BCUT2D eigenvalue weighted by molar-refractivity contribution is 0.382. The highest BCUT2D eigenvalue weighted by Gasteiger charge is 2.62. The van der Waals surface area contributed by atoms with E-state index >= 15 is 0 Å². The fourth-order valence-electron chi connectivity index (χ4n) is 1.38. The molecule has 0 aromatic rings. The molecule has 0 rings (SSSR count). The molecule has 0 aromatic heterocycles. The maximum atomic E-state index is 11.7. The van der Waals surface area contributed by atoms with Gasteiger partial charge in [-0.2, -0.15) is 0 Å². The minimum atomic E-state index is -9.45. The maximum Gasteiger partial charge on any atom is 0.345 e. The molecular formula is C18H29ClF10S2. The number of terminal acetylenes is 1. The highest BCUT2D eigenvalue weighted by molar-refractivity contribution is 8.49. The minimum Gasteiger partial charge on any atom is -0.120 e. The third-order valence-electron chi connectivity index (χ3n) is 2.71. The van der Waals surface area contributed by atoms with Gasteiger partial charge < -0.3 is 0 Å². The Labute approximate surface area is 183 Å². The van der Waals surface area contributed by atoms with Gasteiger partial charge in [-0.25, -0.2) is 0 Å². The standard InChI is InChI=1S/C6H10ClF5S.C6H9F5S.C6H10/c1-2-3-4-6(7)5-13(8,9,10,11)12;1-2-3-4-5-6-12(7,8,9,10)11;1-3-5-6-4-2/h5H,2-4H2,1H3;2-4H2,1H3;1H,4-6H2,2H3/b6-5-;;. The van der Waals surface area contributed by atoms with Crippen molar-refractivity contribution in [3.8, 4) is 23.5 Å². The molecule has 13 heteroatoms. The van der Waals surface area contributed by atoms with Crippen LogP contribution < -0.4 is 0 Å². The molecule has 0 aliphatic carbocycles. The first kappa shape index (κ1) is 34.8. The first-order valence-corrected chi connectivity index (χ1v) is 13.5.